The van der Waals surface area contributed by atoms with Crippen LogP contribution >= 0.6 is 27.7 Å². The van der Waals surface area contributed by atoms with Gasteiger partial charge < -0.3 is 9.47 Å². The monoisotopic (exact) mass is 332 g/mol. The van der Waals surface area contributed by atoms with E-state index < -0.39 is 0 Å². The molecule has 0 bridgehead atoms. The summed E-state index contributed by atoms with van der Waals surface area (Å²) in [5.74, 6) is 0.734. The first-order valence-corrected chi connectivity index (χ1v) is 7.04. The van der Waals surface area contributed by atoms with Crippen LogP contribution in [0.5, 0.6) is 5.75 Å². The lowest BCUT2D eigenvalue weighted by atomic mass is 10.1. The Morgan fingerprint density at radius 3 is 2.56 bits per heavy atom. The molecule has 0 heterocycles. The van der Waals surface area contributed by atoms with E-state index in [0.717, 1.165) is 4.47 Å². The van der Waals surface area contributed by atoms with Gasteiger partial charge in [0, 0.05) is 5.56 Å². The Balaban J connectivity index is 2.56. The van der Waals surface area contributed by atoms with Crippen molar-refractivity contribution in [2.45, 2.75) is 0 Å². The van der Waals surface area contributed by atoms with Crippen LogP contribution in [-0.2, 0) is 9.53 Å². The number of hydrogen-bond donors (Lipinski definition) is 0. The highest BCUT2D eigenvalue weighted by molar-refractivity contribution is 9.10. The summed E-state index contributed by atoms with van der Waals surface area (Å²) in [5.41, 5.74) is 0.583. The van der Waals surface area contributed by atoms with Crippen LogP contribution < -0.4 is 4.74 Å². The number of benzene rings is 1. The fourth-order valence-corrected chi connectivity index (χ4v) is 2.49. The van der Waals surface area contributed by atoms with Gasteiger partial charge in [-0.2, -0.15) is 0 Å². The fraction of sp³-hybridized carbons (Fsp3) is 0.333. The molecule has 0 atom stereocenters. The van der Waals surface area contributed by atoms with Crippen molar-refractivity contribution in [2.24, 2.45) is 0 Å². The maximum absolute atomic E-state index is 11.8. The quantitative estimate of drug-likeness (QED) is 0.592. The first-order chi connectivity index (χ1) is 8.58. The van der Waals surface area contributed by atoms with Gasteiger partial charge in [-0.3, -0.25) is 9.59 Å². The molecule has 0 aliphatic carbocycles. The van der Waals surface area contributed by atoms with Gasteiger partial charge in [-0.25, -0.2) is 0 Å². The Bertz CT molecular complexity index is 448. The summed E-state index contributed by atoms with van der Waals surface area (Å²) in [6.07, 6.45) is 0. The molecule has 4 nitrogen and oxygen atoms in total. The average Bonchev–Trinajstić information content (AvgIpc) is 2.38. The maximum atomic E-state index is 11.8. The first kappa shape index (κ1) is 15.0. The molecule has 0 aliphatic heterocycles. The Labute approximate surface area is 118 Å². The van der Waals surface area contributed by atoms with Crippen LogP contribution in [0.4, 0.5) is 0 Å². The van der Waals surface area contributed by atoms with E-state index in [4.69, 9.17) is 4.74 Å². The lowest BCUT2D eigenvalue weighted by Gasteiger charge is -2.05. The van der Waals surface area contributed by atoms with Crippen molar-refractivity contribution < 1.29 is 19.1 Å². The summed E-state index contributed by atoms with van der Waals surface area (Å²) in [6, 6.07) is 5.13. The SMILES string of the molecule is COC(=O)CSCC(=O)c1ccc(OC)c(Br)c1. The Morgan fingerprint density at radius 2 is 2.00 bits per heavy atom. The number of Topliss-reactive ketones (excluding diaryl/α,β-unsaturated/α-hetero) is 1. The molecule has 0 radical (unpaired) electrons. The fourth-order valence-electron chi connectivity index (χ4n) is 1.21. The van der Waals surface area contributed by atoms with Gasteiger partial charge in [0.05, 0.1) is 30.2 Å². The molecule has 0 saturated carbocycles. The van der Waals surface area contributed by atoms with E-state index in [9.17, 15) is 9.59 Å². The molecule has 0 N–H and O–H groups in total. The summed E-state index contributed by atoms with van der Waals surface area (Å²) in [5, 5.41) is 0. The highest BCUT2D eigenvalue weighted by Gasteiger charge is 2.10. The topological polar surface area (TPSA) is 52.6 Å². The summed E-state index contributed by atoms with van der Waals surface area (Å²) >= 11 is 4.55. The van der Waals surface area contributed by atoms with Crippen molar-refractivity contribution in [3.05, 3.63) is 28.2 Å². The van der Waals surface area contributed by atoms with Crippen LogP contribution in [0.3, 0.4) is 0 Å². The second-order valence-corrected chi connectivity index (χ2v) is 5.18. The Morgan fingerprint density at radius 1 is 1.28 bits per heavy atom. The third-order valence-electron chi connectivity index (χ3n) is 2.15. The van der Waals surface area contributed by atoms with Gasteiger partial charge in [-0.1, -0.05) is 0 Å². The second kappa shape index (κ2) is 7.43. The average molecular weight is 333 g/mol. The molecule has 0 fully saturated rings. The summed E-state index contributed by atoms with van der Waals surface area (Å²) in [6.45, 7) is 0. The predicted octanol–water partition coefficient (Wildman–Crippen LogP) is 2.55. The molecule has 0 aromatic heterocycles. The molecule has 0 amide bonds. The molecule has 6 heteroatoms. The highest BCUT2D eigenvalue weighted by Crippen LogP contribution is 2.26. The molecule has 1 aromatic carbocycles. The molecule has 0 spiro atoms. The van der Waals surface area contributed by atoms with Gasteiger partial charge in [0.15, 0.2) is 5.78 Å². The molecule has 98 valence electrons. The third-order valence-corrected chi connectivity index (χ3v) is 3.68. The van der Waals surface area contributed by atoms with Crippen LogP contribution in [0.15, 0.2) is 22.7 Å². The number of ether oxygens (including phenoxy) is 2. The number of thioether (sulfide) groups is 1. The van der Waals surface area contributed by atoms with Crippen molar-refractivity contribution in [3.63, 3.8) is 0 Å². The van der Waals surface area contributed by atoms with Crippen molar-refractivity contribution >= 4 is 39.4 Å². The Hall–Kier alpha value is -1.01. The minimum Gasteiger partial charge on any atom is -0.496 e. The number of rotatable bonds is 6. The highest BCUT2D eigenvalue weighted by atomic mass is 79.9. The Kier molecular flexibility index (Phi) is 6.21. The summed E-state index contributed by atoms with van der Waals surface area (Å²) in [4.78, 5) is 22.7. The van der Waals surface area contributed by atoms with Crippen molar-refractivity contribution in [2.75, 3.05) is 25.7 Å². The first-order valence-electron chi connectivity index (χ1n) is 5.09. The number of methoxy groups -OCH3 is 2. The number of carbonyl (C=O) groups is 2. The molecule has 18 heavy (non-hydrogen) atoms. The minimum atomic E-state index is -0.330. The number of esters is 1. The van der Waals surface area contributed by atoms with Gasteiger partial charge in [0.2, 0.25) is 0 Å². The third kappa shape index (κ3) is 4.34. The van der Waals surface area contributed by atoms with Crippen LogP contribution in [-0.4, -0.2) is 37.5 Å². The predicted molar refractivity (Wildman–Crippen MR) is 74.4 cm³/mol. The van der Waals surface area contributed by atoms with Gasteiger partial charge in [-0.15, -0.1) is 11.8 Å². The van der Waals surface area contributed by atoms with E-state index in [-0.39, 0.29) is 23.3 Å². The van der Waals surface area contributed by atoms with Crippen LogP contribution in [0, 0.1) is 0 Å². The van der Waals surface area contributed by atoms with Gasteiger partial charge in [0.1, 0.15) is 5.75 Å². The number of halogens is 1. The van der Waals surface area contributed by atoms with Crippen LogP contribution in [0.2, 0.25) is 0 Å². The lowest BCUT2D eigenvalue weighted by Crippen LogP contribution is -2.08. The van der Waals surface area contributed by atoms with Gasteiger partial charge in [0.25, 0.3) is 0 Å². The van der Waals surface area contributed by atoms with E-state index in [2.05, 4.69) is 20.7 Å². The number of ketones is 1. The van der Waals surface area contributed by atoms with Crippen LogP contribution in [0.1, 0.15) is 10.4 Å². The largest absolute Gasteiger partial charge is 0.496 e. The van der Waals surface area contributed by atoms with Gasteiger partial charge in [-0.05, 0) is 34.1 Å². The van der Waals surface area contributed by atoms with E-state index in [1.54, 1.807) is 25.3 Å². The summed E-state index contributed by atoms with van der Waals surface area (Å²) in [7, 11) is 2.89. The smallest absolute Gasteiger partial charge is 0.315 e. The van der Waals surface area contributed by atoms with Crippen LogP contribution in [0.25, 0.3) is 0 Å². The zero-order chi connectivity index (χ0) is 13.5. The second-order valence-electron chi connectivity index (χ2n) is 3.34. The number of carbonyl (C=O) groups excluding carboxylic acids is 2. The molecule has 1 rings (SSSR count). The number of hydrogen-bond acceptors (Lipinski definition) is 5. The van der Waals surface area contributed by atoms with Crippen molar-refractivity contribution in [3.8, 4) is 5.75 Å². The maximum Gasteiger partial charge on any atom is 0.315 e. The summed E-state index contributed by atoms with van der Waals surface area (Å²) < 4.78 is 10.3. The van der Waals surface area contributed by atoms with Gasteiger partial charge >= 0.3 is 5.97 Å². The van der Waals surface area contributed by atoms with E-state index >= 15 is 0 Å². The van der Waals surface area contributed by atoms with Crippen molar-refractivity contribution in [1.29, 1.82) is 0 Å². The minimum absolute atomic E-state index is 0.0349. The van der Waals surface area contributed by atoms with E-state index in [1.807, 2.05) is 0 Å². The standard InChI is InChI=1S/C12H13BrO4S/c1-16-11-4-3-8(5-9(11)13)10(14)6-18-7-12(15)17-2/h3-5H,6-7H2,1-2H3. The molecule has 0 unspecified atom stereocenters. The molecular formula is C12H13BrO4S. The zero-order valence-electron chi connectivity index (χ0n) is 10.1. The van der Waals surface area contributed by atoms with E-state index in [1.165, 1.54) is 18.9 Å². The molecular weight excluding hydrogens is 320 g/mol. The van der Waals surface area contributed by atoms with E-state index in [0.29, 0.717) is 11.3 Å². The molecule has 0 saturated heterocycles. The normalized spacial score (nSPS) is 9.94. The molecule has 1 aromatic rings. The molecule has 0 aliphatic rings. The van der Waals surface area contributed by atoms with Crippen molar-refractivity contribution in [1.82, 2.24) is 0 Å². The zero-order valence-corrected chi connectivity index (χ0v) is 12.5. The lowest BCUT2D eigenvalue weighted by molar-refractivity contribution is -0.137.